The minimum atomic E-state index is -0.341. The highest BCUT2D eigenvalue weighted by Crippen LogP contribution is 2.30. The van der Waals surface area contributed by atoms with Gasteiger partial charge in [0.15, 0.2) is 0 Å². The number of rotatable bonds is 3. The van der Waals surface area contributed by atoms with Crippen LogP contribution in [0, 0.1) is 0 Å². The number of aromatic hydroxyl groups is 1. The Balaban J connectivity index is 2.25. The van der Waals surface area contributed by atoms with Crippen LogP contribution in [0.3, 0.4) is 0 Å². The third-order valence-corrected chi connectivity index (χ3v) is 2.97. The molecule has 1 aliphatic rings. The lowest BCUT2D eigenvalue weighted by atomic mass is 10.0. The summed E-state index contributed by atoms with van der Waals surface area (Å²) in [4.78, 5) is 11.6. The Kier molecular flexibility index (Phi) is 3.64. The molecule has 2 rings (SSSR count). The molecule has 2 N–H and O–H groups in total. The van der Waals surface area contributed by atoms with E-state index in [1.807, 2.05) is 0 Å². The second kappa shape index (κ2) is 5.19. The van der Waals surface area contributed by atoms with Crippen molar-refractivity contribution < 1.29 is 14.6 Å². The Morgan fingerprint density at radius 2 is 2.41 bits per heavy atom. The van der Waals surface area contributed by atoms with Crippen molar-refractivity contribution in [1.82, 2.24) is 5.32 Å². The quantitative estimate of drug-likeness (QED) is 0.787. The van der Waals surface area contributed by atoms with Crippen molar-refractivity contribution in [2.75, 3.05) is 13.2 Å². The maximum atomic E-state index is 11.6. The summed E-state index contributed by atoms with van der Waals surface area (Å²) in [6.07, 6.45) is 2.08. The van der Waals surface area contributed by atoms with E-state index < -0.39 is 0 Å². The van der Waals surface area contributed by atoms with Crippen molar-refractivity contribution in [2.24, 2.45) is 0 Å². The fraction of sp³-hybridized carbons (Fsp3) is 0.462. The van der Waals surface area contributed by atoms with Crippen LogP contribution in [0.1, 0.15) is 41.7 Å². The highest BCUT2D eigenvalue weighted by Gasteiger charge is 2.20. The van der Waals surface area contributed by atoms with Crippen LogP contribution < -0.4 is 5.32 Å². The van der Waals surface area contributed by atoms with Gasteiger partial charge in [-0.05, 0) is 44.5 Å². The summed E-state index contributed by atoms with van der Waals surface area (Å²) in [6, 6.07) is 5.01. The molecule has 0 radical (unpaired) electrons. The van der Waals surface area contributed by atoms with Gasteiger partial charge in [0, 0.05) is 11.6 Å². The molecule has 17 heavy (non-hydrogen) atoms. The van der Waals surface area contributed by atoms with Crippen molar-refractivity contribution >= 4 is 5.97 Å². The average Bonchev–Trinajstić information content (AvgIpc) is 2.83. The van der Waals surface area contributed by atoms with Crippen LogP contribution in [0.15, 0.2) is 18.2 Å². The first-order valence-corrected chi connectivity index (χ1v) is 5.95. The van der Waals surface area contributed by atoms with Crippen LogP contribution in [0.4, 0.5) is 0 Å². The lowest BCUT2D eigenvalue weighted by molar-refractivity contribution is 0.0526. The van der Waals surface area contributed by atoms with E-state index in [4.69, 9.17) is 4.74 Å². The van der Waals surface area contributed by atoms with E-state index in [-0.39, 0.29) is 17.8 Å². The second-order valence-electron chi connectivity index (χ2n) is 4.14. The van der Waals surface area contributed by atoms with Gasteiger partial charge < -0.3 is 15.2 Å². The third-order valence-electron chi connectivity index (χ3n) is 2.97. The summed E-state index contributed by atoms with van der Waals surface area (Å²) in [5, 5.41) is 13.1. The van der Waals surface area contributed by atoms with Gasteiger partial charge in [-0.1, -0.05) is 0 Å². The molecule has 0 amide bonds. The number of phenolic OH excluding ortho intramolecular Hbond substituents is 1. The zero-order valence-electron chi connectivity index (χ0n) is 9.90. The third kappa shape index (κ3) is 2.58. The van der Waals surface area contributed by atoms with Gasteiger partial charge in [-0.25, -0.2) is 4.79 Å². The summed E-state index contributed by atoms with van der Waals surface area (Å²) in [6.45, 7) is 3.09. The monoisotopic (exact) mass is 235 g/mol. The fourth-order valence-corrected chi connectivity index (χ4v) is 2.13. The zero-order valence-corrected chi connectivity index (χ0v) is 9.90. The van der Waals surface area contributed by atoms with Gasteiger partial charge in [0.25, 0.3) is 0 Å². The number of hydrogen-bond acceptors (Lipinski definition) is 4. The van der Waals surface area contributed by atoms with Gasteiger partial charge in [-0.15, -0.1) is 0 Å². The lowest BCUT2D eigenvalue weighted by Crippen LogP contribution is -2.14. The Morgan fingerprint density at radius 3 is 3.06 bits per heavy atom. The maximum absolute atomic E-state index is 11.6. The minimum Gasteiger partial charge on any atom is -0.508 e. The smallest absolute Gasteiger partial charge is 0.338 e. The summed E-state index contributed by atoms with van der Waals surface area (Å²) in [5.41, 5.74) is 1.28. The summed E-state index contributed by atoms with van der Waals surface area (Å²) in [5.74, 6) is -0.107. The topological polar surface area (TPSA) is 58.6 Å². The van der Waals surface area contributed by atoms with E-state index in [1.165, 1.54) is 0 Å². The van der Waals surface area contributed by atoms with Crippen molar-refractivity contribution in [1.29, 1.82) is 0 Å². The Bertz CT molecular complexity index is 411. The molecule has 92 valence electrons. The number of nitrogens with one attached hydrogen (secondary N) is 1. The molecule has 0 spiro atoms. The van der Waals surface area contributed by atoms with Crippen molar-refractivity contribution in [3.05, 3.63) is 29.3 Å². The molecule has 1 aromatic carbocycles. The van der Waals surface area contributed by atoms with E-state index in [1.54, 1.807) is 25.1 Å². The second-order valence-corrected chi connectivity index (χ2v) is 4.14. The molecule has 1 aliphatic heterocycles. The average molecular weight is 235 g/mol. The Hall–Kier alpha value is -1.55. The van der Waals surface area contributed by atoms with Crippen molar-refractivity contribution in [3.8, 4) is 5.75 Å². The number of carbonyl (C=O) groups is 1. The molecular formula is C13H17NO3. The largest absolute Gasteiger partial charge is 0.508 e. The van der Waals surface area contributed by atoms with Gasteiger partial charge in [-0.2, -0.15) is 0 Å². The Labute approximate surface area is 101 Å². The van der Waals surface area contributed by atoms with Crippen molar-refractivity contribution in [3.63, 3.8) is 0 Å². The molecule has 0 unspecified atom stereocenters. The molecular weight excluding hydrogens is 218 g/mol. The van der Waals surface area contributed by atoms with Gasteiger partial charge in [0.2, 0.25) is 0 Å². The van der Waals surface area contributed by atoms with Crippen LogP contribution in [0.25, 0.3) is 0 Å². The predicted molar refractivity (Wildman–Crippen MR) is 64.0 cm³/mol. The summed E-state index contributed by atoms with van der Waals surface area (Å²) in [7, 11) is 0. The van der Waals surface area contributed by atoms with Crippen LogP contribution in [-0.2, 0) is 4.74 Å². The number of ether oxygens (including phenoxy) is 1. The molecule has 0 bridgehead atoms. The predicted octanol–water partition coefficient (Wildman–Crippen LogP) is 1.99. The van der Waals surface area contributed by atoms with Crippen LogP contribution in [0.5, 0.6) is 5.75 Å². The number of esters is 1. The zero-order chi connectivity index (χ0) is 12.3. The van der Waals surface area contributed by atoms with Crippen LogP contribution in [-0.4, -0.2) is 24.2 Å². The van der Waals surface area contributed by atoms with E-state index in [2.05, 4.69) is 5.32 Å². The number of benzene rings is 1. The van der Waals surface area contributed by atoms with Crippen molar-refractivity contribution in [2.45, 2.75) is 25.8 Å². The molecule has 4 nitrogen and oxygen atoms in total. The maximum Gasteiger partial charge on any atom is 0.338 e. The van der Waals surface area contributed by atoms with Gasteiger partial charge in [0.1, 0.15) is 5.75 Å². The van der Waals surface area contributed by atoms with E-state index >= 15 is 0 Å². The van der Waals surface area contributed by atoms with Crippen LogP contribution >= 0.6 is 0 Å². The number of carbonyl (C=O) groups excluding carboxylic acids is 1. The molecule has 0 saturated carbocycles. The highest BCUT2D eigenvalue weighted by molar-refractivity contribution is 5.89. The lowest BCUT2D eigenvalue weighted by Gasteiger charge is -2.13. The summed E-state index contributed by atoms with van der Waals surface area (Å²) >= 11 is 0. The Morgan fingerprint density at radius 1 is 1.59 bits per heavy atom. The molecule has 0 aromatic heterocycles. The first kappa shape index (κ1) is 11.9. The van der Waals surface area contributed by atoms with E-state index in [9.17, 15) is 9.90 Å². The summed E-state index contributed by atoms with van der Waals surface area (Å²) < 4.78 is 4.94. The van der Waals surface area contributed by atoms with Gasteiger partial charge in [0.05, 0.1) is 12.2 Å². The van der Waals surface area contributed by atoms with Gasteiger partial charge in [-0.3, -0.25) is 0 Å². The normalized spacial score (nSPS) is 19.2. The van der Waals surface area contributed by atoms with Crippen LogP contribution in [0.2, 0.25) is 0 Å². The first-order chi connectivity index (χ1) is 8.22. The standard InChI is InChI=1S/C13H17NO3/c1-2-17-13(16)9-5-6-12(15)10(8-9)11-4-3-7-14-11/h5-6,8,11,14-15H,2-4,7H2,1H3/t11-/m1/s1. The highest BCUT2D eigenvalue weighted by atomic mass is 16.5. The SMILES string of the molecule is CCOC(=O)c1ccc(O)c([C@H]2CCCN2)c1. The van der Waals surface area contributed by atoms with E-state index in [0.717, 1.165) is 24.9 Å². The molecule has 1 atom stereocenters. The molecule has 1 aromatic rings. The number of hydrogen-bond donors (Lipinski definition) is 2. The molecule has 1 saturated heterocycles. The fourth-order valence-electron chi connectivity index (χ4n) is 2.13. The number of phenols is 1. The molecule has 0 aliphatic carbocycles. The van der Waals surface area contributed by atoms with E-state index in [0.29, 0.717) is 12.2 Å². The molecule has 1 fully saturated rings. The minimum absolute atomic E-state index is 0.143. The first-order valence-electron chi connectivity index (χ1n) is 5.95. The van der Waals surface area contributed by atoms with Gasteiger partial charge >= 0.3 is 5.97 Å². The molecule has 1 heterocycles. The molecule has 4 heteroatoms.